The first-order valence-electron chi connectivity index (χ1n) is 6.94. The molecular formula is C15H23BrN2O. The minimum atomic E-state index is 0.544. The lowest BCUT2D eigenvalue weighted by Gasteiger charge is -2.36. The highest BCUT2D eigenvalue weighted by molar-refractivity contribution is 9.10. The van der Waals surface area contributed by atoms with Gasteiger partial charge in [0, 0.05) is 41.4 Å². The van der Waals surface area contributed by atoms with Crippen LogP contribution in [-0.4, -0.2) is 32.3 Å². The molecule has 1 aromatic carbocycles. The van der Waals surface area contributed by atoms with Gasteiger partial charge in [0.2, 0.25) is 0 Å². The van der Waals surface area contributed by atoms with E-state index in [1.807, 2.05) is 6.07 Å². The van der Waals surface area contributed by atoms with Crippen LogP contribution in [0.25, 0.3) is 0 Å². The highest BCUT2D eigenvalue weighted by Crippen LogP contribution is 2.29. The summed E-state index contributed by atoms with van der Waals surface area (Å²) >= 11 is 3.55. The molecule has 106 valence electrons. The number of hydrogen-bond donors (Lipinski definition) is 1. The van der Waals surface area contributed by atoms with Crippen molar-refractivity contribution in [3.63, 3.8) is 0 Å². The van der Waals surface area contributed by atoms with E-state index < -0.39 is 0 Å². The Balaban J connectivity index is 2.10. The van der Waals surface area contributed by atoms with Crippen molar-refractivity contribution in [1.82, 2.24) is 5.32 Å². The number of rotatable bonds is 4. The van der Waals surface area contributed by atoms with Gasteiger partial charge in [-0.25, -0.2) is 0 Å². The Morgan fingerprint density at radius 1 is 1.37 bits per heavy atom. The Kier molecular flexibility index (Phi) is 5.11. The molecule has 1 heterocycles. The molecular weight excluding hydrogens is 304 g/mol. The molecule has 1 aliphatic heterocycles. The normalized spacial score (nSPS) is 19.8. The third kappa shape index (κ3) is 4.11. The van der Waals surface area contributed by atoms with E-state index in [0.29, 0.717) is 12.1 Å². The van der Waals surface area contributed by atoms with Crippen LogP contribution >= 0.6 is 15.9 Å². The number of nitrogens with zero attached hydrogens (tertiary/aromatic N) is 1. The minimum Gasteiger partial charge on any atom is -0.497 e. The first kappa shape index (κ1) is 14.7. The van der Waals surface area contributed by atoms with Crippen molar-refractivity contribution in [2.45, 2.75) is 38.8 Å². The average Bonchev–Trinajstić information content (AvgIpc) is 2.37. The van der Waals surface area contributed by atoms with Crippen LogP contribution in [0.5, 0.6) is 5.75 Å². The fourth-order valence-corrected chi connectivity index (χ4v) is 3.13. The number of methoxy groups -OCH3 is 1. The Morgan fingerprint density at radius 3 is 2.84 bits per heavy atom. The molecule has 1 aliphatic rings. The van der Waals surface area contributed by atoms with Gasteiger partial charge in [0.1, 0.15) is 5.75 Å². The standard InChI is InChI=1S/C15H23BrN2O/c1-11(2)17-13-5-4-6-18(10-13)14-7-12(16)8-15(9-14)19-3/h7-9,11,13,17H,4-6,10H2,1-3H3. The van der Waals surface area contributed by atoms with E-state index in [0.717, 1.165) is 23.3 Å². The molecule has 0 radical (unpaired) electrons. The first-order valence-corrected chi connectivity index (χ1v) is 7.73. The van der Waals surface area contributed by atoms with Crippen LogP contribution < -0.4 is 15.0 Å². The summed E-state index contributed by atoms with van der Waals surface area (Å²) in [5.74, 6) is 0.906. The van der Waals surface area contributed by atoms with Crippen LogP contribution in [0.4, 0.5) is 5.69 Å². The van der Waals surface area contributed by atoms with Gasteiger partial charge in [0.05, 0.1) is 7.11 Å². The summed E-state index contributed by atoms with van der Waals surface area (Å²) in [6, 6.07) is 7.40. The second-order valence-electron chi connectivity index (χ2n) is 5.46. The Labute approximate surface area is 124 Å². The Bertz CT molecular complexity index is 423. The summed E-state index contributed by atoms with van der Waals surface area (Å²) in [4.78, 5) is 2.44. The summed E-state index contributed by atoms with van der Waals surface area (Å²) in [6.45, 7) is 6.61. The molecule has 1 unspecified atom stereocenters. The van der Waals surface area contributed by atoms with Crippen LogP contribution in [0.15, 0.2) is 22.7 Å². The van der Waals surface area contributed by atoms with Crippen molar-refractivity contribution < 1.29 is 4.74 Å². The minimum absolute atomic E-state index is 0.544. The van der Waals surface area contributed by atoms with E-state index in [1.165, 1.54) is 18.5 Å². The number of halogens is 1. The molecule has 0 bridgehead atoms. The second-order valence-corrected chi connectivity index (χ2v) is 6.37. The highest BCUT2D eigenvalue weighted by Gasteiger charge is 2.21. The lowest BCUT2D eigenvalue weighted by atomic mass is 10.0. The zero-order chi connectivity index (χ0) is 13.8. The van der Waals surface area contributed by atoms with Gasteiger partial charge in [0.15, 0.2) is 0 Å². The first-order chi connectivity index (χ1) is 9.08. The Morgan fingerprint density at radius 2 is 2.16 bits per heavy atom. The molecule has 2 rings (SSSR count). The van der Waals surface area contributed by atoms with Crippen molar-refractivity contribution in [2.75, 3.05) is 25.1 Å². The summed E-state index contributed by atoms with van der Waals surface area (Å²) < 4.78 is 6.42. The molecule has 1 atom stereocenters. The molecule has 3 nitrogen and oxygen atoms in total. The number of piperidine rings is 1. The van der Waals surface area contributed by atoms with Gasteiger partial charge in [-0.15, -0.1) is 0 Å². The topological polar surface area (TPSA) is 24.5 Å². The zero-order valence-electron chi connectivity index (χ0n) is 11.9. The maximum atomic E-state index is 5.35. The van der Waals surface area contributed by atoms with Gasteiger partial charge in [-0.2, -0.15) is 0 Å². The zero-order valence-corrected chi connectivity index (χ0v) is 13.5. The summed E-state index contributed by atoms with van der Waals surface area (Å²) in [5.41, 5.74) is 1.24. The van der Waals surface area contributed by atoms with Crippen molar-refractivity contribution in [2.24, 2.45) is 0 Å². The SMILES string of the molecule is COc1cc(Br)cc(N2CCCC(NC(C)C)C2)c1. The number of benzene rings is 1. The van der Waals surface area contributed by atoms with Crippen LogP contribution in [0, 0.1) is 0 Å². The number of anilines is 1. The van der Waals surface area contributed by atoms with Gasteiger partial charge in [-0.05, 0) is 25.0 Å². The predicted molar refractivity (Wildman–Crippen MR) is 84.2 cm³/mol. The van der Waals surface area contributed by atoms with Gasteiger partial charge in [-0.3, -0.25) is 0 Å². The van der Waals surface area contributed by atoms with E-state index in [9.17, 15) is 0 Å². The summed E-state index contributed by atoms with van der Waals surface area (Å²) in [7, 11) is 1.71. The van der Waals surface area contributed by atoms with Crippen molar-refractivity contribution >= 4 is 21.6 Å². The molecule has 1 N–H and O–H groups in total. The van der Waals surface area contributed by atoms with Crippen LogP contribution in [0.2, 0.25) is 0 Å². The summed E-state index contributed by atoms with van der Waals surface area (Å²) in [6.07, 6.45) is 2.50. The van der Waals surface area contributed by atoms with E-state index in [2.05, 4.69) is 52.1 Å². The third-order valence-electron chi connectivity index (χ3n) is 3.45. The molecule has 0 aliphatic carbocycles. The van der Waals surface area contributed by atoms with Gasteiger partial charge >= 0.3 is 0 Å². The molecule has 4 heteroatoms. The lowest BCUT2D eigenvalue weighted by molar-refractivity contribution is 0.393. The number of nitrogens with one attached hydrogen (secondary N) is 1. The molecule has 1 aromatic rings. The lowest BCUT2D eigenvalue weighted by Crippen LogP contribution is -2.47. The number of ether oxygens (including phenoxy) is 1. The molecule has 19 heavy (non-hydrogen) atoms. The smallest absolute Gasteiger partial charge is 0.122 e. The monoisotopic (exact) mass is 326 g/mol. The quantitative estimate of drug-likeness (QED) is 0.917. The van der Waals surface area contributed by atoms with E-state index in [-0.39, 0.29) is 0 Å². The van der Waals surface area contributed by atoms with Crippen LogP contribution in [0.1, 0.15) is 26.7 Å². The summed E-state index contributed by atoms with van der Waals surface area (Å²) in [5, 5.41) is 3.64. The molecule has 1 fully saturated rings. The maximum absolute atomic E-state index is 5.35. The fourth-order valence-electron chi connectivity index (χ4n) is 2.67. The number of hydrogen-bond acceptors (Lipinski definition) is 3. The highest BCUT2D eigenvalue weighted by atomic mass is 79.9. The van der Waals surface area contributed by atoms with E-state index in [1.54, 1.807) is 7.11 Å². The van der Waals surface area contributed by atoms with E-state index in [4.69, 9.17) is 4.74 Å². The maximum Gasteiger partial charge on any atom is 0.122 e. The average molecular weight is 327 g/mol. The second kappa shape index (κ2) is 6.62. The van der Waals surface area contributed by atoms with Crippen molar-refractivity contribution in [3.05, 3.63) is 22.7 Å². The Hall–Kier alpha value is -0.740. The molecule has 1 saturated heterocycles. The molecule has 0 saturated carbocycles. The van der Waals surface area contributed by atoms with Crippen LogP contribution in [-0.2, 0) is 0 Å². The largest absolute Gasteiger partial charge is 0.497 e. The van der Waals surface area contributed by atoms with Crippen molar-refractivity contribution in [3.8, 4) is 5.75 Å². The van der Waals surface area contributed by atoms with Crippen molar-refractivity contribution in [1.29, 1.82) is 0 Å². The predicted octanol–water partition coefficient (Wildman–Crippen LogP) is 3.42. The molecule has 0 amide bonds. The third-order valence-corrected chi connectivity index (χ3v) is 3.91. The van der Waals surface area contributed by atoms with E-state index >= 15 is 0 Å². The fraction of sp³-hybridized carbons (Fsp3) is 0.600. The molecule has 0 aromatic heterocycles. The van der Waals surface area contributed by atoms with Crippen LogP contribution in [0.3, 0.4) is 0 Å². The van der Waals surface area contributed by atoms with Gasteiger partial charge < -0.3 is 15.0 Å². The van der Waals surface area contributed by atoms with Gasteiger partial charge in [0.25, 0.3) is 0 Å². The molecule has 0 spiro atoms. The van der Waals surface area contributed by atoms with Gasteiger partial charge in [-0.1, -0.05) is 29.8 Å².